The van der Waals surface area contributed by atoms with Crippen molar-refractivity contribution in [2.75, 3.05) is 6.54 Å². The molecular weight excluding hydrogens is 318 g/mol. The molecule has 10 heteroatoms. The van der Waals surface area contributed by atoms with Crippen molar-refractivity contribution in [1.29, 1.82) is 0 Å². The highest BCUT2D eigenvalue weighted by Gasteiger charge is 2.35. The number of hydrogen-bond donors (Lipinski definition) is 1. The Bertz CT molecular complexity index is 817. The lowest BCUT2D eigenvalue weighted by molar-refractivity contribution is -0.384. The standard InChI is InChI=1S/C14H13N5O5/c20-13(17-6-2-5-12(17)14(21)22)11-8-18(16-15-11)9-3-1-4-10(7-9)19(23)24/h1,3-4,7-8,12H,2,5-6H2,(H,21,22). The van der Waals surface area contributed by atoms with E-state index in [4.69, 9.17) is 5.11 Å². The molecule has 2 aromatic rings. The Hall–Kier alpha value is -3.30. The van der Waals surface area contributed by atoms with Crippen molar-refractivity contribution in [2.45, 2.75) is 18.9 Å². The van der Waals surface area contributed by atoms with Gasteiger partial charge in [0.15, 0.2) is 5.69 Å². The molecule has 24 heavy (non-hydrogen) atoms. The molecule has 0 radical (unpaired) electrons. The van der Waals surface area contributed by atoms with E-state index >= 15 is 0 Å². The number of carbonyl (C=O) groups excluding carboxylic acids is 1. The molecule has 3 rings (SSSR count). The molecule has 10 nitrogen and oxygen atoms in total. The molecule has 1 N–H and O–H groups in total. The van der Waals surface area contributed by atoms with Gasteiger partial charge in [-0.3, -0.25) is 14.9 Å². The smallest absolute Gasteiger partial charge is 0.326 e. The monoisotopic (exact) mass is 331 g/mol. The molecule has 1 saturated heterocycles. The molecule has 1 aromatic heterocycles. The van der Waals surface area contributed by atoms with E-state index in [1.807, 2.05) is 0 Å². The first-order valence-electron chi connectivity index (χ1n) is 7.18. The lowest BCUT2D eigenvalue weighted by Crippen LogP contribution is -2.40. The topological polar surface area (TPSA) is 131 Å². The second-order valence-corrected chi connectivity index (χ2v) is 5.32. The number of benzene rings is 1. The molecule has 0 bridgehead atoms. The van der Waals surface area contributed by atoms with Gasteiger partial charge in [-0.15, -0.1) is 5.10 Å². The van der Waals surface area contributed by atoms with Crippen molar-refractivity contribution < 1.29 is 19.6 Å². The fraction of sp³-hybridized carbons (Fsp3) is 0.286. The van der Waals surface area contributed by atoms with E-state index in [-0.39, 0.29) is 11.4 Å². The van der Waals surface area contributed by atoms with Gasteiger partial charge in [0.05, 0.1) is 16.8 Å². The van der Waals surface area contributed by atoms with Gasteiger partial charge in [0.2, 0.25) is 0 Å². The summed E-state index contributed by atoms with van der Waals surface area (Å²) in [5.41, 5.74) is 0.267. The second kappa shape index (κ2) is 6.07. The number of carboxylic acid groups (broad SMARTS) is 1. The molecule has 1 atom stereocenters. The summed E-state index contributed by atoms with van der Waals surface area (Å²) in [6.07, 6.45) is 2.35. The SMILES string of the molecule is O=C(O)C1CCCN1C(=O)c1cn(-c2cccc([N+](=O)[O-])c2)nn1. The largest absolute Gasteiger partial charge is 0.480 e. The van der Waals surface area contributed by atoms with Gasteiger partial charge in [0, 0.05) is 18.7 Å². The number of aromatic nitrogens is 3. The van der Waals surface area contributed by atoms with Gasteiger partial charge in [-0.05, 0) is 18.9 Å². The molecule has 1 unspecified atom stereocenters. The minimum Gasteiger partial charge on any atom is -0.480 e. The quantitative estimate of drug-likeness (QED) is 0.649. The van der Waals surface area contributed by atoms with Crippen LogP contribution in [0, 0.1) is 10.1 Å². The van der Waals surface area contributed by atoms with Crippen LogP contribution in [0.2, 0.25) is 0 Å². The zero-order chi connectivity index (χ0) is 17.3. The van der Waals surface area contributed by atoms with Crippen LogP contribution in [0.15, 0.2) is 30.5 Å². The molecular formula is C14H13N5O5. The number of amides is 1. The zero-order valence-electron chi connectivity index (χ0n) is 12.4. The molecule has 0 aliphatic carbocycles. The van der Waals surface area contributed by atoms with Crippen LogP contribution in [0.4, 0.5) is 5.69 Å². The summed E-state index contributed by atoms with van der Waals surface area (Å²) in [6, 6.07) is 4.87. The lowest BCUT2D eigenvalue weighted by Gasteiger charge is -2.19. The number of nitrogens with zero attached hydrogens (tertiary/aromatic N) is 5. The van der Waals surface area contributed by atoms with Crippen LogP contribution in [0.25, 0.3) is 5.69 Å². The number of carboxylic acids is 1. The third-order valence-electron chi connectivity index (χ3n) is 3.82. The minimum atomic E-state index is -1.05. The lowest BCUT2D eigenvalue weighted by atomic mass is 10.2. The van der Waals surface area contributed by atoms with E-state index < -0.39 is 22.8 Å². The van der Waals surface area contributed by atoms with Crippen molar-refractivity contribution in [3.8, 4) is 5.69 Å². The summed E-state index contributed by atoms with van der Waals surface area (Å²) in [6.45, 7) is 0.347. The Morgan fingerprint density at radius 3 is 2.88 bits per heavy atom. The van der Waals surface area contributed by atoms with Crippen LogP contribution >= 0.6 is 0 Å². The number of aliphatic carboxylic acids is 1. The van der Waals surface area contributed by atoms with Gasteiger partial charge in [-0.1, -0.05) is 11.3 Å². The maximum Gasteiger partial charge on any atom is 0.326 e. The average Bonchev–Trinajstić information content (AvgIpc) is 3.23. The van der Waals surface area contributed by atoms with E-state index in [0.717, 1.165) is 0 Å². The Morgan fingerprint density at radius 1 is 1.38 bits per heavy atom. The van der Waals surface area contributed by atoms with E-state index in [1.54, 1.807) is 6.07 Å². The normalized spacial score (nSPS) is 17.0. The fourth-order valence-corrected chi connectivity index (χ4v) is 2.65. The molecule has 1 aromatic carbocycles. The minimum absolute atomic E-state index is 0.00495. The molecule has 0 spiro atoms. The van der Waals surface area contributed by atoms with Gasteiger partial charge in [-0.2, -0.15) is 0 Å². The molecule has 1 fully saturated rings. The summed E-state index contributed by atoms with van der Waals surface area (Å²) < 4.78 is 1.24. The summed E-state index contributed by atoms with van der Waals surface area (Å²) in [5.74, 6) is -1.57. The van der Waals surface area contributed by atoms with E-state index in [1.165, 1.54) is 34.0 Å². The van der Waals surface area contributed by atoms with Gasteiger partial charge in [-0.25, -0.2) is 9.48 Å². The third kappa shape index (κ3) is 2.81. The van der Waals surface area contributed by atoms with Crippen LogP contribution in [-0.2, 0) is 4.79 Å². The average molecular weight is 331 g/mol. The number of likely N-dealkylation sites (tertiary alicyclic amines) is 1. The third-order valence-corrected chi connectivity index (χ3v) is 3.82. The number of nitro groups is 1. The Balaban J connectivity index is 1.85. The summed E-state index contributed by atoms with van der Waals surface area (Å²) in [4.78, 5) is 35.1. The van der Waals surface area contributed by atoms with E-state index in [0.29, 0.717) is 25.1 Å². The first-order chi connectivity index (χ1) is 11.5. The maximum atomic E-state index is 12.4. The summed E-state index contributed by atoms with van der Waals surface area (Å²) >= 11 is 0. The molecule has 1 aliphatic heterocycles. The fourth-order valence-electron chi connectivity index (χ4n) is 2.65. The Labute approximate surface area is 135 Å². The summed E-state index contributed by atoms with van der Waals surface area (Å²) in [5, 5.41) is 27.5. The van der Waals surface area contributed by atoms with Crippen LogP contribution < -0.4 is 0 Å². The zero-order valence-corrected chi connectivity index (χ0v) is 12.4. The van der Waals surface area contributed by atoms with Crippen molar-refractivity contribution >= 4 is 17.6 Å². The predicted molar refractivity (Wildman–Crippen MR) is 79.7 cm³/mol. The van der Waals surface area contributed by atoms with Crippen LogP contribution in [-0.4, -0.2) is 54.4 Å². The molecule has 2 heterocycles. The number of rotatable bonds is 4. The van der Waals surface area contributed by atoms with E-state index in [2.05, 4.69) is 10.3 Å². The first-order valence-corrected chi connectivity index (χ1v) is 7.18. The van der Waals surface area contributed by atoms with Crippen molar-refractivity contribution in [3.05, 3.63) is 46.3 Å². The highest BCUT2D eigenvalue weighted by atomic mass is 16.6. The Morgan fingerprint density at radius 2 is 2.17 bits per heavy atom. The number of nitro benzene ring substituents is 1. The number of carbonyl (C=O) groups is 2. The van der Waals surface area contributed by atoms with Crippen molar-refractivity contribution in [3.63, 3.8) is 0 Å². The maximum absolute atomic E-state index is 12.4. The highest BCUT2D eigenvalue weighted by Crippen LogP contribution is 2.20. The van der Waals surface area contributed by atoms with Crippen LogP contribution in [0.5, 0.6) is 0 Å². The van der Waals surface area contributed by atoms with Gasteiger partial charge >= 0.3 is 5.97 Å². The van der Waals surface area contributed by atoms with Gasteiger partial charge in [0.25, 0.3) is 11.6 Å². The van der Waals surface area contributed by atoms with Crippen LogP contribution in [0.3, 0.4) is 0 Å². The molecule has 1 amide bonds. The second-order valence-electron chi connectivity index (χ2n) is 5.32. The predicted octanol–water partition coefficient (Wildman–Crippen LogP) is 0.865. The first kappa shape index (κ1) is 15.6. The highest BCUT2D eigenvalue weighted by molar-refractivity contribution is 5.95. The Kier molecular flexibility index (Phi) is 3.94. The van der Waals surface area contributed by atoms with Gasteiger partial charge < -0.3 is 10.0 Å². The number of hydrogen-bond acceptors (Lipinski definition) is 6. The number of non-ortho nitro benzene ring substituents is 1. The van der Waals surface area contributed by atoms with Crippen molar-refractivity contribution in [1.82, 2.24) is 19.9 Å². The van der Waals surface area contributed by atoms with Crippen molar-refractivity contribution in [2.24, 2.45) is 0 Å². The van der Waals surface area contributed by atoms with Crippen LogP contribution in [0.1, 0.15) is 23.3 Å². The molecule has 0 saturated carbocycles. The molecule has 1 aliphatic rings. The van der Waals surface area contributed by atoms with E-state index in [9.17, 15) is 19.7 Å². The molecule has 124 valence electrons. The van der Waals surface area contributed by atoms with Gasteiger partial charge in [0.1, 0.15) is 6.04 Å². The summed E-state index contributed by atoms with van der Waals surface area (Å²) in [7, 11) is 0.